The van der Waals surface area contributed by atoms with Crippen molar-refractivity contribution in [2.45, 2.75) is 44.1 Å². The van der Waals surface area contributed by atoms with Crippen molar-refractivity contribution < 1.29 is 19.4 Å². The standard InChI is InChI=1S/C17H21N5O4/c23-17(24)19-14-6-13-12(7-18-14)16(21-8-10-5-11(9-21)26-10)20-22(13)15-3-1-2-4-25-15/h6-7,10-11,15H,1-5,8-9H2,(H,18,19)(H,23,24). The second-order valence-corrected chi connectivity index (χ2v) is 7.13. The third-order valence-electron chi connectivity index (χ3n) is 5.29. The van der Waals surface area contributed by atoms with Gasteiger partial charge in [0, 0.05) is 38.4 Å². The van der Waals surface area contributed by atoms with Crippen LogP contribution in [0, 0.1) is 0 Å². The Labute approximate surface area is 149 Å². The largest absolute Gasteiger partial charge is 0.465 e. The number of morpholine rings is 1. The van der Waals surface area contributed by atoms with Crippen molar-refractivity contribution in [1.29, 1.82) is 0 Å². The van der Waals surface area contributed by atoms with Crippen LogP contribution in [0.3, 0.4) is 0 Å². The number of carboxylic acid groups (broad SMARTS) is 1. The lowest BCUT2D eigenvalue weighted by Crippen LogP contribution is -2.57. The summed E-state index contributed by atoms with van der Waals surface area (Å²) in [5, 5.41) is 17.1. The van der Waals surface area contributed by atoms with E-state index >= 15 is 0 Å². The number of nitrogens with one attached hydrogen (secondary N) is 1. The summed E-state index contributed by atoms with van der Waals surface area (Å²) in [6.45, 7) is 2.36. The number of hydrogen-bond acceptors (Lipinski definition) is 6. The average molecular weight is 359 g/mol. The zero-order valence-corrected chi connectivity index (χ0v) is 14.3. The zero-order valence-electron chi connectivity index (χ0n) is 14.3. The normalized spacial score (nSPS) is 28.0. The summed E-state index contributed by atoms with van der Waals surface area (Å²) in [5.74, 6) is 1.17. The molecule has 4 fully saturated rings. The Hall–Kier alpha value is -2.39. The lowest BCUT2D eigenvalue weighted by Gasteiger charge is -2.47. The smallest absolute Gasteiger partial charge is 0.410 e. The van der Waals surface area contributed by atoms with Crippen LogP contribution in [-0.4, -0.2) is 57.9 Å². The molecule has 3 unspecified atom stereocenters. The highest BCUT2D eigenvalue weighted by Gasteiger charge is 2.40. The van der Waals surface area contributed by atoms with E-state index in [4.69, 9.17) is 19.7 Å². The molecule has 0 spiro atoms. The first-order valence-corrected chi connectivity index (χ1v) is 9.07. The third-order valence-corrected chi connectivity index (χ3v) is 5.29. The fourth-order valence-corrected chi connectivity index (χ4v) is 4.09. The van der Waals surface area contributed by atoms with Gasteiger partial charge in [-0.15, -0.1) is 0 Å². The molecular formula is C17H21N5O4. The van der Waals surface area contributed by atoms with Gasteiger partial charge in [-0.05, 0) is 19.3 Å². The van der Waals surface area contributed by atoms with Gasteiger partial charge in [0.05, 0.1) is 23.1 Å². The Balaban J connectivity index is 1.57. The number of anilines is 2. The number of aromatic nitrogens is 3. The molecule has 0 saturated carbocycles. The Kier molecular flexibility index (Phi) is 3.71. The second kappa shape index (κ2) is 6.10. The van der Waals surface area contributed by atoms with E-state index in [1.165, 1.54) is 0 Å². The maximum atomic E-state index is 11.0. The highest BCUT2D eigenvalue weighted by molar-refractivity contribution is 5.93. The van der Waals surface area contributed by atoms with Crippen molar-refractivity contribution in [2.75, 3.05) is 29.9 Å². The molecule has 0 radical (unpaired) electrons. The van der Waals surface area contributed by atoms with Gasteiger partial charge >= 0.3 is 6.09 Å². The lowest BCUT2D eigenvalue weighted by atomic mass is 9.99. The second-order valence-electron chi connectivity index (χ2n) is 7.13. The molecule has 2 aromatic heterocycles. The quantitative estimate of drug-likeness (QED) is 0.866. The molecule has 2 N–H and O–H groups in total. The highest BCUT2D eigenvalue weighted by atomic mass is 16.5. The number of fused-ring (bicyclic) bond motifs is 3. The van der Waals surface area contributed by atoms with Crippen LogP contribution in [-0.2, 0) is 9.47 Å². The molecule has 6 rings (SSSR count). The van der Waals surface area contributed by atoms with Crippen molar-refractivity contribution in [2.24, 2.45) is 0 Å². The van der Waals surface area contributed by atoms with Gasteiger partial charge < -0.3 is 19.5 Å². The molecule has 26 heavy (non-hydrogen) atoms. The number of hydrogen-bond donors (Lipinski definition) is 2. The molecule has 0 aromatic carbocycles. The van der Waals surface area contributed by atoms with Crippen LogP contribution in [0.4, 0.5) is 16.4 Å². The predicted molar refractivity (Wildman–Crippen MR) is 93.5 cm³/mol. The summed E-state index contributed by atoms with van der Waals surface area (Å²) in [7, 11) is 0. The van der Waals surface area contributed by atoms with E-state index in [2.05, 4.69) is 15.2 Å². The molecular weight excluding hydrogens is 338 g/mol. The van der Waals surface area contributed by atoms with Crippen LogP contribution in [0.5, 0.6) is 0 Å². The van der Waals surface area contributed by atoms with E-state index in [1.54, 1.807) is 12.3 Å². The molecule has 9 nitrogen and oxygen atoms in total. The first-order valence-electron chi connectivity index (χ1n) is 9.07. The predicted octanol–water partition coefficient (Wildman–Crippen LogP) is 2.20. The van der Waals surface area contributed by atoms with E-state index in [0.717, 1.165) is 55.5 Å². The first kappa shape index (κ1) is 15.8. The minimum Gasteiger partial charge on any atom is -0.465 e. The van der Waals surface area contributed by atoms with Gasteiger partial charge in [-0.1, -0.05) is 0 Å². The number of rotatable bonds is 3. The Morgan fingerprint density at radius 1 is 1.31 bits per heavy atom. The van der Waals surface area contributed by atoms with E-state index in [1.807, 2.05) is 4.68 Å². The summed E-state index contributed by atoms with van der Waals surface area (Å²) >= 11 is 0. The van der Waals surface area contributed by atoms with Crippen molar-refractivity contribution in [3.8, 4) is 0 Å². The van der Waals surface area contributed by atoms with Gasteiger partial charge in [-0.3, -0.25) is 5.32 Å². The fourth-order valence-electron chi connectivity index (χ4n) is 4.09. The van der Waals surface area contributed by atoms with Gasteiger partial charge in [-0.2, -0.15) is 5.10 Å². The molecule has 0 aliphatic carbocycles. The molecule has 4 aliphatic heterocycles. The van der Waals surface area contributed by atoms with Crippen LogP contribution in [0.1, 0.15) is 31.9 Å². The summed E-state index contributed by atoms with van der Waals surface area (Å²) in [6.07, 6.45) is 5.16. The molecule has 4 saturated heterocycles. The number of nitrogens with zero attached hydrogens (tertiary/aromatic N) is 4. The van der Waals surface area contributed by atoms with Gasteiger partial charge in [0.1, 0.15) is 5.82 Å². The minimum absolute atomic E-state index is 0.129. The summed E-state index contributed by atoms with van der Waals surface area (Å²) < 4.78 is 13.5. The Morgan fingerprint density at radius 2 is 2.12 bits per heavy atom. The number of piperidine rings is 1. The van der Waals surface area contributed by atoms with E-state index in [0.29, 0.717) is 12.4 Å². The maximum Gasteiger partial charge on any atom is 0.410 e. The average Bonchev–Trinajstić information content (AvgIpc) is 3.00. The van der Waals surface area contributed by atoms with Gasteiger partial charge in [0.2, 0.25) is 0 Å². The molecule has 138 valence electrons. The molecule has 2 bridgehead atoms. The van der Waals surface area contributed by atoms with Gasteiger partial charge in [0.15, 0.2) is 12.0 Å². The first-order chi connectivity index (χ1) is 12.7. The molecule has 2 aromatic rings. The molecule has 6 heterocycles. The van der Waals surface area contributed by atoms with Crippen LogP contribution in [0.25, 0.3) is 10.9 Å². The van der Waals surface area contributed by atoms with Gasteiger partial charge in [0.25, 0.3) is 0 Å². The lowest BCUT2D eigenvalue weighted by molar-refractivity contribution is -0.133. The summed E-state index contributed by atoms with van der Waals surface area (Å²) in [4.78, 5) is 17.5. The molecule has 1 amide bonds. The van der Waals surface area contributed by atoms with Crippen LogP contribution >= 0.6 is 0 Å². The highest BCUT2D eigenvalue weighted by Crippen LogP contribution is 2.36. The van der Waals surface area contributed by atoms with Crippen LogP contribution < -0.4 is 10.2 Å². The summed E-state index contributed by atoms with van der Waals surface area (Å²) in [5.41, 5.74) is 0.839. The minimum atomic E-state index is -1.13. The molecule has 4 aliphatic rings. The van der Waals surface area contributed by atoms with Crippen molar-refractivity contribution in [1.82, 2.24) is 14.8 Å². The van der Waals surface area contributed by atoms with E-state index in [-0.39, 0.29) is 18.4 Å². The van der Waals surface area contributed by atoms with E-state index in [9.17, 15) is 4.79 Å². The SMILES string of the molecule is O=C(O)Nc1cc2c(cn1)c(N1CC3CC(C1)O3)nn2C1CCCCO1. The summed E-state index contributed by atoms with van der Waals surface area (Å²) in [6, 6.07) is 1.74. The number of amides is 1. The Bertz CT molecular complexity index is 831. The molecule has 9 heteroatoms. The zero-order chi connectivity index (χ0) is 17.7. The fraction of sp³-hybridized carbons (Fsp3) is 0.588. The van der Waals surface area contributed by atoms with E-state index < -0.39 is 6.09 Å². The number of carbonyl (C=O) groups is 1. The van der Waals surface area contributed by atoms with Crippen molar-refractivity contribution in [3.63, 3.8) is 0 Å². The van der Waals surface area contributed by atoms with Gasteiger partial charge in [-0.25, -0.2) is 14.5 Å². The van der Waals surface area contributed by atoms with Crippen molar-refractivity contribution >= 4 is 28.6 Å². The maximum absolute atomic E-state index is 11.0. The topological polar surface area (TPSA) is 102 Å². The number of pyridine rings is 1. The van der Waals surface area contributed by atoms with Crippen LogP contribution in [0.15, 0.2) is 12.3 Å². The third kappa shape index (κ3) is 2.67. The monoisotopic (exact) mass is 359 g/mol. The molecule has 3 atom stereocenters. The Morgan fingerprint density at radius 3 is 2.81 bits per heavy atom. The van der Waals surface area contributed by atoms with Crippen molar-refractivity contribution in [3.05, 3.63) is 12.3 Å². The van der Waals surface area contributed by atoms with Crippen LogP contribution in [0.2, 0.25) is 0 Å². The number of ether oxygens (including phenoxy) is 2.